The van der Waals surface area contributed by atoms with Gasteiger partial charge in [-0.05, 0) is 76.8 Å². The maximum atomic E-state index is 2.37. The third kappa shape index (κ3) is 2.43. The molecule has 2 aliphatic carbocycles. The zero-order valence-corrected chi connectivity index (χ0v) is 14.9. The number of hydrogen-bond donors (Lipinski definition) is 0. The van der Waals surface area contributed by atoms with Crippen molar-refractivity contribution in [2.75, 3.05) is 0 Å². The third-order valence-electron chi connectivity index (χ3n) is 6.30. The van der Waals surface area contributed by atoms with Crippen LogP contribution in [0.2, 0.25) is 0 Å². The highest BCUT2D eigenvalue weighted by atomic mass is 14.3. The second-order valence-corrected chi connectivity index (χ2v) is 7.71. The Morgan fingerprint density at radius 3 is 2.44 bits per heavy atom. The van der Waals surface area contributed by atoms with Crippen molar-refractivity contribution in [3.8, 4) is 11.1 Å². The van der Waals surface area contributed by atoms with E-state index in [0.717, 1.165) is 5.92 Å². The van der Waals surface area contributed by atoms with E-state index in [0.29, 0.717) is 0 Å². The predicted octanol–water partition coefficient (Wildman–Crippen LogP) is 7.03. The fourth-order valence-corrected chi connectivity index (χ4v) is 5.01. The molecule has 0 radical (unpaired) electrons. The highest BCUT2D eigenvalue weighted by Gasteiger charge is 2.28. The average Bonchev–Trinajstić information content (AvgIpc) is 3.29. The van der Waals surface area contributed by atoms with Gasteiger partial charge in [0.2, 0.25) is 0 Å². The molecule has 3 aromatic rings. The molecule has 0 bridgehead atoms. The molecule has 0 saturated heterocycles. The Hall–Kier alpha value is -2.34. The topological polar surface area (TPSA) is 0 Å². The molecule has 0 aliphatic heterocycles. The van der Waals surface area contributed by atoms with Crippen molar-refractivity contribution < 1.29 is 0 Å². The van der Waals surface area contributed by atoms with Crippen LogP contribution >= 0.6 is 0 Å². The molecule has 5 rings (SSSR count). The fourth-order valence-electron chi connectivity index (χ4n) is 5.01. The first-order valence-electron chi connectivity index (χ1n) is 9.62. The van der Waals surface area contributed by atoms with Crippen LogP contribution in [-0.4, -0.2) is 0 Å². The second kappa shape index (κ2) is 5.88. The maximum Gasteiger partial charge on any atom is -0.00521 e. The van der Waals surface area contributed by atoms with Crippen molar-refractivity contribution in [3.05, 3.63) is 77.4 Å². The Bertz CT molecular complexity index is 984. The lowest BCUT2D eigenvalue weighted by Crippen LogP contribution is -1.99. The van der Waals surface area contributed by atoms with Crippen molar-refractivity contribution in [2.24, 2.45) is 5.92 Å². The van der Waals surface area contributed by atoms with Gasteiger partial charge in [0.15, 0.2) is 0 Å². The van der Waals surface area contributed by atoms with Crippen LogP contribution in [0.3, 0.4) is 0 Å². The van der Waals surface area contributed by atoms with Crippen LogP contribution in [0.1, 0.15) is 43.7 Å². The first-order valence-corrected chi connectivity index (χ1v) is 9.62. The number of rotatable bonds is 2. The molecule has 0 atom stereocenters. The Labute approximate surface area is 150 Å². The van der Waals surface area contributed by atoms with E-state index >= 15 is 0 Å². The summed E-state index contributed by atoms with van der Waals surface area (Å²) in [4.78, 5) is 0. The van der Waals surface area contributed by atoms with E-state index in [1.165, 1.54) is 65.1 Å². The zero-order valence-electron chi connectivity index (χ0n) is 14.9. The molecule has 0 heterocycles. The van der Waals surface area contributed by atoms with E-state index in [4.69, 9.17) is 0 Å². The molecule has 1 saturated carbocycles. The van der Waals surface area contributed by atoms with Gasteiger partial charge >= 0.3 is 0 Å². The highest BCUT2D eigenvalue weighted by Crippen LogP contribution is 2.45. The number of benzene rings is 3. The molecular weight excluding hydrogens is 300 g/mol. The van der Waals surface area contributed by atoms with E-state index in [1.54, 1.807) is 11.1 Å². The molecule has 0 unspecified atom stereocenters. The largest absolute Gasteiger partial charge is 0.0616 e. The van der Waals surface area contributed by atoms with Crippen molar-refractivity contribution in [1.82, 2.24) is 0 Å². The molecule has 0 aromatic heterocycles. The van der Waals surface area contributed by atoms with Gasteiger partial charge in [-0.15, -0.1) is 0 Å². The van der Waals surface area contributed by atoms with Gasteiger partial charge in [-0.25, -0.2) is 0 Å². The monoisotopic (exact) mass is 324 g/mol. The van der Waals surface area contributed by atoms with Crippen molar-refractivity contribution in [2.45, 2.75) is 39.0 Å². The van der Waals surface area contributed by atoms with E-state index in [-0.39, 0.29) is 0 Å². The number of allylic oxidation sites excluding steroid dienone is 2. The summed E-state index contributed by atoms with van der Waals surface area (Å²) in [5.41, 5.74) is 9.09. The summed E-state index contributed by atoms with van der Waals surface area (Å²) in [7, 11) is 0. The first kappa shape index (κ1) is 15.0. The third-order valence-corrected chi connectivity index (χ3v) is 6.30. The minimum Gasteiger partial charge on any atom is -0.0616 e. The molecule has 1 fully saturated rings. The summed E-state index contributed by atoms with van der Waals surface area (Å²) in [6.07, 6.45) is 6.79. The summed E-state index contributed by atoms with van der Waals surface area (Å²) >= 11 is 0. The second-order valence-electron chi connectivity index (χ2n) is 7.71. The highest BCUT2D eigenvalue weighted by molar-refractivity contribution is 5.92. The molecule has 0 heteroatoms. The lowest BCUT2D eigenvalue weighted by Gasteiger charge is -2.13. The minimum atomic E-state index is 0.830. The lowest BCUT2D eigenvalue weighted by molar-refractivity contribution is 0.632. The molecule has 0 amide bonds. The zero-order chi connectivity index (χ0) is 16.8. The number of hydrogen-bond acceptors (Lipinski definition) is 0. The van der Waals surface area contributed by atoms with Crippen molar-refractivity contribution in [3.63, 3.8) is 0 Å². The molecule has 2 aliphatic rings. The van der Waals surface area contributed by atoms with Gasteiger partial charge in [-0.3, -0.25) is 0 Å². The van der Waals surface area contributed by atoms with Gasteiger partial charge in [-0.2, -0.15) is 0 Å². The normalized spacial score (nSPS) is 17.5. The van der Waals surface area contributed by atoms with Crippen LogP contribution in [0.5, 0.6) is 0 Å². The summed E-state index contributed by atoms with van der Waals surface area (Å²) in [6, 6.07) is 22.4. The lowest BCUT2D eigenvalue weighted by atomic mass is 9.91. The molecule has 0 N–H and O–H groups in total. The average molecular weight is 324 g/mol. The molecule has 0 nitrogen and oxygen atoms in total. The number of fused-ring (bicyclic) bond motifs is 2. The van der Waals surface area contributed by atoms with Crippen LogP contribution in [0.25, 0.3) is 27.5 Å². The molecular formula is C25H24. The fraction of sp³-hybridized carbons (Fsp3) is 0.280. The predicted molar refractivity (Wildman–Crippen MR) is 108 cm³/mol. The smallest absolute Gasteiger partial charge is 0.00521 e. The SMILES string of the molecule is CC1=C(C2CCCC2)Cc2cccc(-c3ccc4ccccc4c3)c21. The molecule has 3 aromatic carbocycles. The molecule has 124 valence electrons. The van der Waals surface area contributed by atoms with Gasteiger partial charge in [0.1, 0.15) is 0 Å². The summed E-state index contributed by atoms with van der Waals surface area (Å²) < 4.78 is 0. The first-order chi connectivity index (χ1) is 12.3. The quantitative estimate of drug-likeness (QED) is 0.475. The Morgan fingerprint density at radius 1 is 0.800 bits per heavy atom. The van der Waals surface area contributed by atoms with Crippen LogP contribution in [-0.2, 0) is 6.42 Å². The van der Waals surface area contributed by atoms with E-state index < -0.39 is 0 Å². The van der Waals surface area contributed by atoms with Crippen LogP contribution in [0.15, 0.2) is 66.2 Å². The summed E-state index contributed by atoms with van der Waals surface area (Å²) in [5.74, 6) is 0.830. The van der Waals surface area contributed by atoms with E-state index in [1.807, 2.05) is 0 Å². The molecule has 0 spiro atoms. The minimum absolute atomic E-state index is 0.830. The molecule has 25 heavy (non-hydrogen) atoms. The van der Waals surface area contributed by atoms with Gasteiger partial charge < -0.3 is 0 Å². The van der Waals surface area contributed by atoms with E-state index in [2.05, 4.69) is 67.6 Å². The van der Waals surface area contributed by atoms with Gasteiger partial charge in [0.05, 0.1) is 0 Å². The van der Waals surface area contributed by atoms with Gasteiger partial charge in [0, 0.05) is 0 Å². The maximum absolute atomic E-state index is 2.37. The Morgan fingerprint density at radius 2 is 1.60 bits per heavy atom. The van der Waals surface area contributed by atoms with Gasteiger partial charge in [-0.1, -0.05) is 73.0 Å². The van der Waals surface area contributed by atoms with Crippen LogP contribution in [0, 0.1) is 5.92 Å². The van der Waals surface area contributed by atoms with E-state index in [9.17, 15) is 0 Å². The van der Waals surface area contributed by atoms with Crippen LogP contribution in [0.4, 0.5) is 0 Å². The van der Waals surface area contributed by atoms with Crippen molar-refractivity contribution >= 4 is 16.3 Å². The summed E-state index contributed by atoms with van der Waals surface area (Å²) in [6.45, 7) is 2.37. The van der Waals surface area contributed by atoms with Gasteiger partial charge in [0.25, 0.3) is 0 Å². The summed E-state index contributed by atoms with van der Waals surface area (Å²) in [5, 5.41) is 2.64. The van der Waals surface area contributed by atoms with Crippen LogP contribution < -0.4 is 0 Å². The Kier molecular flexibility index (Phi) is 3.52. The van der Waals surface area contributed by atoms with Crippen molar-refractivity contribution in [1.29, 1.82) is 0 Å². The Balaban J connectivity index is 1.65. The standard InChI is InChI=1S/C25H24/c1-17-24(19-8-3-4-9-19)16-22-11-6-12-23(25(17)22)21-14-13-18-7-2-5-10-20(18)15-21/h2,5-7,10-15,19H,3-4,8-9,16H2,1H3.